The second-order valence-corrected chi connectivity index (χ2v) is 4.90. The molecule has 0 fully saturated rings. The highest BCUT2D eigenvalue weighted by molar-refractivity contribution is 5.91. The lowest BCUT2D eigenvalue weighted by atomic mass is 10.1. The lowest BCUT2D eigenvalue weighted by Gasteiger charge is -2.12. The topological polar surface area (TPSA) is 89.1 Å². The van der Waals surface area contributed by atoms with Gasteiger partial charge in [-0.05, 0) is 30.2 Å². The number of likely N-dealkylation sites (N-methyl/N-ethyl adjacent to an activating group) is 1. The Morgan fingerprint density at radius 3 is 3.10 bits per heavy atom. The maximum atomic E-state index is 11.9. The van der Waals surface area contributed by atoms with E-state index in [-0.39, 0.29) is 12.5 Å². The SMILES string of the molecule is CN1CCc2cc(NC(=O)Cn3cc(N)nn3)ccc21. The minimum absolute atomic E-state index is 0.0984. The molecular formula is C13H16N6O. The number of rotatable bonds is 3. The fraction of sp³-hybridized carbons (Fsp3) is 0.308. The molecule has 0 saturated heterocycles. The van der Waals surface area contributed by atoms with E-state index in [1.807, 2.05) is 18.2 Å². The number of benzene rings is 1. The number of carbonyl (C=O) groups is 1. The summed E-state index contributed by atoms with van der Waals surface area (Å²) in [6, 6.07) is 5.96. The molecule has 1 amide bonds. The van der Waals surface area contributed by atoms with Crippen LogP contribution >= 0.6 is 0 Å². The van der Waals surface area contributed by atoms with E-state index in [1.165, 1.54) is 22.1 Å². The summed E-state index contributed by atoms with van der Waals surface area (Å²) in [5, 5.41) is 10.2. The Morgan fingerprint density at radius 2 is 2.35 bits per heavy atom. The van der Waals surface area contributed by atoms with Crippen molar-refractivity contribution in [2.75, 3.05) is 29.5 Å². The van der Waals surface area contributed by atoms with Gasteiger partial charge in [-0.2, -0.15) is 0 Å². The molecule has 0 bridgehead atoms. The molecule has 1 aromatic carbocycles. The Morgan fingerprint density at radius 1 is 1.50 bits per heavy atom. The molecule has 7 heteroatoms. The fourth-order valence-corrected chi connectivity index (χ4v) is 2.38. The molecule has 0 unspecified atom stereocenters. The molecular weight excluding hydrogens is 256 g/mol. The molecule has 20 heavy (non-hydrogen) atoms. The van der Waals surface area contributed by atoms with Gasteiger partial charge >= 0.3 is 0 Å². The highest BCUT2D eigenvalue weighted by atomic mass is 16.2. The van der Waals surface area contributed by atoms with Crippen LogP contribution in [0.4, 0.5) is 17.2 Å². The third-order valence-electron chi connectivity index (χ3n) is 3.35. The summed E-state index contributed by atoms with van der Waals surface area (Å²) in [4.78, 5) is 14.1. The number of nitrogen functional groups attached to an aromatic ring is 1. The maximum Gasteiger partial charge on any atom is 0.246 e. The maximum absolute atomic E-state index is 11.9. The molecule has 104 valence electrons. The van der Waals surface area contributed by atoms with E-state index in [0.29, 0.717) is 5.82 Å². The first kappa shape index (κ1) is 12.5. The molecule has 0 atom stereocenters. The third-order valence-corrected chi connectivity index (χ3v) is 3.35. The average Bonchev–Trinajstić information content (AvgIpc) is 2.96. The van der Waals surface area contributed by atoms with E-state index in [0.717, 1.165) is 18.7 Å². The lowest BCUT2D eigenvalue weighted by molar-refractivity contribution is -0.116. The van der Waals surface area contributed by atoms with Crippen LogP contribution in [0.1, 0.15) is 5.56 Å². The molecule has 2 aromatic rings. The minimum atomic E-state index is -0.152. The normalized spacial score (nSPS) is 13.3. The number of amides is 1. The quantitative estimate of drug-likeness (QED) is 0.849. The Labute approximate surface area is 116 Å². The number of carbonyl (C=O) groups excluding carboxylic acids is 1. The Balaban J connectivity index is 1.67. The molecule has 0 radical (unpaired) electrons. The first-order valence-electron chi connectivity index (χ1n) is 6.41. The van der Waals surface area contributed by atoms with Crippen LogP contribution in [0.25, 0.3) is 0 Å². The standard InChI is InChI=1S/C13H16N6O/c1-18-5-4-9-6-10(2-3-11(9)18)15-13(20)8-19-7-12(14)16-17-19/h2-3,6-7H,4-5,8,14H2,1H3,(H,15,20). The monoisotopic (exact) mass is 272 g/mol. The molecule has 3 N–H and O–H groups in total. The predicted molar refractivity (Wildman–Crippen MR) is 76.5 cm³/mol. The van der Waals surface area contributed by atoms with E-state index < -0.39 is 0 Å². The second kappa shape index (κ2) is 4.84. The van der Waals surface area contributed by atoms with Crippen molar-refractivity contribution in [1.29, 1.82) is 0 Å². The third kappa shape index (κ3) is 2.42. The van der Waals surface area contributed by atoms with Gasteiger partial charge < -0.3 is 16.0 Å². The summed E-state index contributed by atoms with van der Waals surface area (Å²) in [5.74, 6) is 0.152. The summed E-state index contributed by atoms with van der Waals surface area (Å²) in [6.45, 7) is 1.12. The zero-order chi connectivity index (χ0) is 14.1. The summed E-state index contributed by atoms with van der Waals surface area (Å²) in [5.41, 5.74) is 8.74. The van der Waals surface area contributed by atoms with Gasteiger partial charge in [-0.3, -0.25) is 4.79 Å². The van der Waals surface area contributed by atoms with Crippen LogP contribution < -0.4 is 16.0 Å². The molecule has 7 nitrogen and oxygen atoms in total. The zero-order valence-corrected chi connectivity index (χ0v) is 11.2. The van der Waals surface area contributed by atoms with E-state index in [4.69, 9.17) is 5.73 Å². The summed E-state index contributed by atoms with van der Waals surface area (Å²) in [7, 11) is 2.07. The smallest absolute Gasteiger partial charge is 0.246 e. The van der Waals surface area contributed by atoms with E-state index >= 15 is 0 Å². The van der Waals surface area contributed by atoms with Gasteiger partial charge in [-0.15, -0.1) is 5.10 Å². The molecule has 1 aliphatic rings. The number of hydrogen-bond acceptors (Lipinski definition) is 5. The Hall–Kier alpha value is -2.57. The molecule has 1 aromatic heterocycles. The van der Waals surface area contributed by atoms with Crippen molar-refractivity contribution in [3.63, 3.8) is 0 Å². The average molecular weight is 272 g/mol. The molecule has 0 spiro atoms. The number of hydrogen-bond donors (Lipinski definition) is 2. The van der Waals surface area contributed by atoms with Crippen LogP contribution in [-0.2, 0) is 17.8 Å². The van der Waals surface area contributed by atoms with Crippen LogP contribution in [0, 0.1) is 0 Å². The van der Waals surface area contributed by atoms with Crippen molar-refractivity contribution < 1.29 is 4.79 Å². The first-order valence-corrected chi connectivity index (χ1v) is 6.41. The van der Waals surface area contributed by atoms with E-state index in [1.54, 1.807) is 0 Å². The van der Waals surface area contributed by atoms with Crippen LogP contribution in [0.2, 0.25) is 0 Å². The van der Waals surface area contributed by atoms with Crippen molar-refractivity contribution in [2.45, 2.75) is 13.0 Å². The summed E-state index contributed by atoms with van der Waals surface area (Å²) < 4.78 is 1.41. The van der Waals surface area contributed by atoms with Crippen molar-refractivity contribution in [1.82, 2.24) is 15.0 Å². The number of nitrogens with zero attached hydrogens (tertiary/aromatic N) is 4. The molecule has 2 heterocycles. The van der Waals surface area contributed by atoms with Crippen LogP contribution in [-0.4, -0.2) is 34.5 Å². The van der Waals surface area contributed by atoms with Gasteiger partial charge in [0.1, 0.15) is 6.54 Å². The number of nitrogens with one attached hydrogen (secondary N) is 1. The van der Waals surface area contributed by atoms with Crippen molar-refractivity contribution in [2.24, 2.45) is 0 Å². The van der Waals surface area contributed by atoms with Crippen molar-refractivity contribution in [3.05, 3.63) is 30.0 Å². The minimum Gasteiger partial charge on any atom is -0.381 e. The lowest BCUT2D eigenvalue weighted by Crippen LogP contribution is -2.19. The second-order valence-electron chi connectivity index (χ2n) is 4.90. The van der Waals surface area contributed by atoms with Crippen LogP contribution in [0.5, 0.6) is 0 Å². The largest absolute Gasteiger partial charge is 0.381 e. The summed E-state index contributed by atoms with van der Waals surface area (Å²) in [6.07, 6.45) is 2.53. The molecule has 0 aliphatic carbocycles. The number of aromatic nitrogens is 3. The zero-order valence-electron chi connectivity index (χ0n) is 11.2. The Kier molecular flexibility index (Phi) is 3.02. The van der Waals surface area contributed by atoms with Gasteiger partial charge in [-0.25, -0.2) is 4.68 Å². The highest BCUT2D eigenvalue weighted by Crippen LogP contribution is 2.29. The van der Waals surface area contributed by atoms with Crippen LogP contribution in [0.3, 0.4) is 0 Å². The van der Waals surface area contributed by atoms with Gasteiger partial charge in [-0.1, -0.05) is 5.21 Å². The fourth-order valence-electron chi connectivity index (χ4n) is 2.38. The molecule has 0 saturated carbocycles. The van der Waals surface area contributed by atoms with Crippen molar-refractivity contribution >= 4 is 23.1 Å². The Bertz CT molecular complexity index is 650. The number of fused-ring (bicyclic) bond motifs is 1. The van der Waals surface area contributed by atoms with Crippen LogP contribution in [0.15, 0.2) is 24.4 Å². The van der Waals surface area contributed by atoms with Gasteiger partial charge in [0.15, 0.2) is 5.82 Å². The summed E-state index contributed by atoms with van der Waals surface area (Å²) >= 11 is 0. The molecule has 3 rings (SSSR count). The first-order chi connectivity index (χ1) is 9.61. The van der Waals surface area contributed by atoms with Gasteiger partial charge in [0.05, 0.1) is 6.20 Å². The van der Waals surface area contributed by atoms with E-state index in [2.05, 4.69) is 27.6 Å². The van der Waals surface area contributed by atoms with Gasteiger partial charge in [0.25, 0.3) is 0 Å². The number of nitrogens with two attached hydrogens (primary N) is 1. The highest BCUT2D eigenvalue weighted by Gasteiger charge is 2.16. The van der Waals surface area contributed by atoms with Gasteiger partial charge in [0.2, 0.25) is 5.91 Å². The molecule has 1 aliphatic heterocycles. The van der Waals surface area contributed by atoms with E-state index in [9.17, 15) is 4.79 Å². The van der Waals surface area contributed by atoms with Gasteiger partial charge in [0, 0.05) is 25.0 Å². The predicted octanol–water partition coefficient (Wildman–Crippen LogP) is 0.491. The van der Waals surface area contributed by atoms with Crippen molar-refractivity contribution in [3.8, 4) is 0 Å². The number of anilines is 3.